The van der Waals surface area contributed by atoms with Crippen molar-refractivity contribution >= 4 is 39.9 Å². The first-order valence-corrected chi connectivity index (χ1v) is 4.82. The molecule has 0 aliphatic heterocycles. The van der Waals surface area contributed by atoms with Gasteiger partial charge in [0.1, 0.15) is 5.15 Å². The lowest BCUT2D eigenvalue weighted by Crippen LogP contribution is -1.98. The summed E-state index contributed by atoms with van der Waals surface area (Å²) in [5.41, 5.74) is 0.117. The van der Waals surface area contributed by atoms with Crippen molar-refractivity contribution in [3.05, 3.63) is 40.1 Å². The largest absolute Gasteiger partial charge is 0.478 e. The predicted molar refractivity (Wildman–Crippen MR) is 58.7 cm³/mol. The fraction of sp³-hybridized carbons (Fsp3) is 0. The highest BCUT2D eigenvalue weighted by Crippen LogP contribution is 2.27. The molecule has 1 heterocycles. The Morgan fingerprint density at radius 3 is 2.67 bits per heavy atom. The van der Waals surface area contributed by atoms with Crippen molar-refractivity contribution in [1.82, 2.24) is 4.98 Å². The molecule has 0 aliphatic carbocycles. The molecule has 0 atom stereocenters. The topological polar surface area (TPSA) is 50.2 Å². The van der Waals surface area contributed by atoms with E-state index >= 15 is 0 Å². The number of benzene rings is 1. The van der Waals surface area contributed by atoms with Gasteiger partial charge in [-0.05, 0) is 12.1 Å². The van der Waals surface area contributed by atoms with E-state index < -0.39 is 5.97 Å². The molecule has 15 heavy (non-hydrogen) atoms. The van der Waals surface area contributed by atoms with Gasteiger partial charge >= 0.3 is 5.97 Å². The minimum atomic E-state index is -1.04. The van der Waals surface area contributed by atoms with Crippen LogP contribution in [0.25, 0.3) is 10.8 Å². The van der Waals surface area contributed by atoms with Gasteiger partial charge in [0.2, 0.25) is 0 Å². The summed E-state index contributed by atoms with van der Waals surface area (Å²) in [6.45, 7) is 0. The number of hydrogen-bond acceptors (Lipinski definition) is 2. The maximum atomic E-state index is 10.9. The Morgan fingerprint density at radius 1 is 1.27 bits per heavy atom. The summed E-state index contributed by atoms with van der Waals surface area (Å²) < 4.78 is 0. The molecule has 0 saturated carbocycles. The molecule has 0 aliphatic rings. The number of fused-ring (bicyclic) bond motifs is 1. The second-order valence-electron chi connectivity index (χ2n) is 2.96. The molecule has 1 N–H and O–H groups in total. The first-order valence-electron chi connectivity index (χ1n) is 4.06. The third kappa shape index (κ3) is 1.76. The maximum absolute atomic E-state index is 10.9. The van der Waals surface area contributed by atoms with Crippen molar-refractivity contribution in [3.63, 3.8) is 0 Å². The fourth-order valence-corrected chi connectivity index (χ4v) is 1.73. The fourth-order valence-electron chi connectivity index (χ4n) is 1.35. The summed E-state index contributed by atoms with van der Waals surface area (Å²) in [5.74, 6) is -1.04. The molecule has 0 amide bonds. The third-order valence-electron chi connectivity index (χ3n) is 2.03. The van der Waals surface area contributed by atoms with E-state index in [2.05, 4.69) is 4.98 Å². The number of hydrogen-bond donors (Lipinski definition) is 1. The van der Waals surface area contributed by atoms with Crippen LogP contribution in [0.4, 0.5) is 0 Å². The summed E-state index contributed by atoms with van der Waals surface area (Å²) >= 11 is 11.6. The zero-order valence-corrected chi connectivity index (χ0v) is 8.88. The van der Waals surface area contributed by atoms with Gasteiger partial charge in [0.05, 0.1) is 5.56 Å². The number of carboxylic acids is 1. The summed E-state index contributed by atoms with van der Waals surface area (Å²) in [6.07, 6.45) is 1.24. The lowest BCUT2D eigenvalue weighted by atomic mass is 10.1. The molecule has 5 heteroatoms. The van der Waals surface area contributed by atoms with Crippen LogP contribution in [0.5, 0.6) is 0 Å². The molecular weight excluding hydrogens is 237 g/mol. The number of carboxylic acid groups (broad SMARTS) is 1. The molecule has 0 saturated heterocycles. The van der Waals surface area contributed by atoms with Gasteiger partial charge in [-0.2, -0.15) is 0 Å². The van der Waals surface area contributed by atoms with E-state index in [1.54, 1.807) is 18.2 Å². The molecule has 0 spiro atoms. The lowest BCUT2D eigenvalue weighted by molar-refractivity contribution is 0.0698. The van der Waals surface area contributed by atoms with Crippen LogP contribution in [0.1, 0.15) is 10.4 Å². The molecule has 0 bridgehead atoms. The van der Waals surface area contributed by atoms with Gasteiger partial charge in [0.15, 0.2) is 0 Å². The van der Waals surface area contributed by atoms with E-state index in [4.69, 9.17) is 28.3 Å². The molecule has 0 fully saturated rings. The molecule has 0 unspecified atom stereocenters. The highest BCUT2D eigenvalue weighted by atomic mass is 35.5. The van der Waals surface area contributed by atoms with Crippen molar-refractivity contribution in [2.75, 3.05) is 0 Å². The Balaban J connectivity index is 2.88. The van der Waals surface area contributed by atoms with E-state index in [0.29, 0.717) is 15.8 Å². The second kappa shape index (κ2) is 3.68. The number of aromatic nitrogens is 1. The van der Waals surface area contributed by atoms with Crippen molar-refractivity contribution in [3.8, 4) is 0 Å². The van der Waals surface area contributed by atoms with E-state index in [1.165, 1.54) is 6.20 Å². The second-order valence-corrected chi connectivity index (χ2v) is 3.75. The lowest BCUT2D eigenvalue weighted by Gasteiger charge is -2.03. The maximum Gasteiger partial charge on any atom is 0.337 e. The van der Waals surface area contributed by atoms with Crippen LogP contribution in [-0.4, -0.2) is 16.1 Å². The predicted octanol–water partition coefficient (Wildman–Crippen LogP) is 3.24. The number of nitrogens with zero attached hydrogens (tertiary/aromatic N) is 1. The average molecular weight is 242 g/mol. The molecule has 1 aromatic heterocycles. The molecule has 3 nitrogen and oxygen atoms in total. The number of pyridine rings is 1. The molecule has 76 valence electrons. The zero-order chi connectivity index (χ0) is 11.0. The van der Waals surface area contributed by atoms with Crippen LogP contribution in [0, 0.1) is 0 Å². The third-order valence-corrected chi connectivity index (χ3v) is 2.57. The van der Waals surface area contributed by atoms with Crippen LogP contribution in [0.2, 0.25) is 10.2 Å². The highest BCUT2D eigenvalue weighted by molar-refractivity contribution is 6.36. The number of rotatable bonds is 1. The van der Waals surface area contributed by atoms with E-state index in [1.807, 2.05) is 0 Å². The Bertz CT molecular complexity index is 554. The highest BCUT2D eigenvalue weighted by Gasteiger charge is 2.11. The Morgan fingerprint density at radius 2 is 2.00 bits per heavy atom. The van der Waals surface area contributed by atoms with Gasteiger partial charge in [0.25, 0.3) is 0 Å². The van der Waals surface area contributed by atoms with Crippen molar-refractivity contribution < 1.29 is 9.90 Å². The van der Waals surface area contributed by atoms with Crippen LogP contribution in [-0.2, 0) is 0 Å². The summed E-state index contributed by atoms with van der Waals surface area (Å²) in [7, 11) is 0. The monoisotopic (exact) mass is 241 g/mol. The molecule has 1 aromatic carbocycles. The molecular formula is C10H5Cl2NO2. The summed E-state index contributed by atoms with van der Waals surface area (Å²) in [5, 5.41) is 10.7. The standard InChI is InChI=1S/C10H5Cl2NO2/c11-5-1-2-6-7(3-5)9(12)13-4-8(6)10(14)15/h1-4H,(H,14,15). The van der Waals surface area contributed by atoms with E-state index in [9.17, 15) is 4.79 Å². The molecule has 2 aromatic rings. The van der Waals surface area contributed by atoms with Crippen LogP contribution in [0.3, 0.4) is 0 Å². The zero-order valence-electron chi connectivity index (χ0n) is 7.37. The van der Waals surface area contributed by atoms with Gasteiger partial charge in [-0.25, -0.2) is 9.78 Å². The van der Waals surface area contributed by atoms with Gasteiger partial charge in [-0.15, -0.1) is 0 Å². The summed E-state index contributed by atoms with van der Waals surface area (Å²) in [6, 6.07) is 4.83. The first-order chi connectivity index (χ1) is 7.09. The van der Waals surface area contributed by atoms with Crippen LogP contribution in [0.15, 0.2) is 24.4 Å². The van der Waals surface area contributed by atoms with Crippen LogP contribution < -0.4 is 0 Å². The average Bonchev–Trinajstić information content (AvgIpc) is 2.19. The molecule has 2 rings (SSSR count). The van der Waals surface area contributed by atoms with Crippen molar-refractivity contribution in [2.24, 2.45) is 0 Å². The smallest absolute Gasteiger partial charge is 0.337 e. The van der Waals surface area contributed by atoms with Crippen molar-refractivity contribution in [1.29, 1.82) is 0 Å². The van der Waals surface area contributed by atoms with Crippen molar-refractivity contribution in [2.45, 2.75) is 0 Å². The van der Waals surface area contributed by atoms with Gasteiger partial charge in [-0.1, -0.05) is 29.3 Å². The minimum Gasteiger partial charge on any atom is -0.478 e. The number of carbonyl (C=O) groups is 1. The Kier molecular flexibility index (Phi) is 2.50. The summed E-state index contributed by atoms with van der Waals surface area (Å²) in [4.78, 5) is 14.7. The SMILES string of the molecule is O=C(O)c1cnc(Cl)c2cc(Cl)ccc12. The van der Waals surface area contributed by atoms with Gasteiger partial charge in [-0.3, -0.25) is 0 Å². The van der Waals surface area contributed by atoms with E-state index in [-0.39, 0.29) is 10.7 Å². The van der Waals surface area contributed by atoms with Gasteiger partial charge in [0, 0.05) is 22.0 Å². The quantitative estimate of drug-likeness (QED) is 0.781. The normalized spacial score (nSPS) is 10.5. The minimum absolute atomic E-state index is 0.117. The van der Waals surface area contributed by atoms with Crippen LogP contribution >= 0.6 is 23.2 Å². The first kappa shape index (κ1) is 10.2. The number of aromatic carboxylic acids is 1. The Labute approximate surface area is 95.3 Å². The Hall–Kier alpha value is -1.32. The number of halogens is 2. The molecule has 0 radical (unpaired) electrons. The van der Waals surface area contributed by atoms with E-state index in [0.717, 1.165) is 0 Å². The van der Waals surface area contributed by atoms with Gasteiger partial charge < -0.3 is 5.11 Å².